The molecule has 1 heteroatoms. The number of quaternary nitrogens is 1. The Morgan fingerprint density at radius 3 is 1.92 bits per heavy atom. The first-order valence-corrected chi connectivity index (χ1v) is 4.63. The van der Waals surface area contributed by atoms with E-state index >= 15 is 0 Å². The van der Waals surface area contributed by atoms with Gasteiger partial charge >= 0.3 is 0 Å². The zero-order valence-electron chi connectivity index (χ0n) is 8.25. The van der Waals surface area contributed by atoms with Crippen molar-refractivity contribution in [2.24, 2.45) is 0 Å². The van der Waals surface area contributed by atoms with Gasteiger partial charge in [-0.2, -0.15) is 0 Å². The minimum Gasteiger partial charge on any atom is -0.294 e. The second kappa shape index (κ2) is 3.72. The molecule has 12 heavy (non-hydrogen) atoms. The van der Waals surface area contributed by atoms with E-state index in [-0.39, 0.29) is 0 Å². The standard InChI is InChI=1S/C11H18N/c1-4-12(3,5-2)11-9-7-6-8-10-11/h6-10H,4-5H2,1-3H3/q+1. The molecule has 0 spiro atoms. The molecule has 0 amide bonds. The lowest BCUT2D eigenvalue weighted by atomic mass is 10.2. The lowest BCUT2D eigenvalue weighted by Gasteiger charge is -2.31. The Hall–Kier alpha value is -0.820. The largest absolute Gasteiger partial charge is 0.294 e. The van der Waals surface area contributed by atoms with Gasteiger partial charge in [-0.05, 0) is 26.0 Å². The highest BCUT2D eigenvalue weighted by molar-refractivity contribution is 5.41. The second-order valence-electron chi connectivity index (χ2n) is 3.36. The first kappa shape index (κ1) is 9.27. The van der Waals surface area contributed by atoms with Crippen LogP contribution in [0, 0.1) is 0 Å². The number of benzene rings is 1. The van der Waals surface area contributed by atoms with Crippen LogP contribution in [0.25, 0.3) is 0 Å². The van der Waals surface area contributed by atoms with E-state index in [2.05, 4.69) is 51.2 Å². The van der Waals surface area contributed by atoms with Crippen molar-refractivity contribution in [3.8, 4) is 0 Å². The van der Waals surface area contributed by atoms with Crippen LogP contribution in [0.15, 0.2) is 30.3 Å². The van der Waals surface area contributed by atoms with E-state index in [1.807, 2.05) is 0 Å². The van der Waals surface area contributed by atoms with Gasteiger partial charge < -0.3 is 0 Å². The summed E-state index contributed by atoms with van der Waals surface area (Å²) in [6.45, 7) is 6.77. The summed E-state index contributed by atoms with van der Waals surface area (Å²) in [5, 5.41) is 0. The summed E-state index contributed by atoms with van der Waals surface area (Å²) in [6.07, 6.45) is 0. The molecule has 0 bridgehead atoms. The van der Waals surface area contributed by atoms with Crippen molar-refractivity contribution in [2.75, 3.05) is 20.1 Å². The van der Waals surface area contributed by atoms with Crippen molar-refractivity contribution in [3.63, 3.8) is 0 Å². The lowest BCUT2D eigenvalue weighted by molar-refractivity contribution is 0.365. The van der Waals surface area contributed by atoms with Gasteiger partial charge in [-0.15, -0.1) is 0 Å². The molecule has 1 aromatic rings. The number of para-hydroxylation sites is 1. The Morgan fingerprint density at radius 1 is 1.00 bits per heavy atom. The molecule has 0 aliphatic heterocycles. The predicted molar refractivity (Wildman–Crippen MR) is 55.2 cm³/mol. The highest BCUT2D eigenvalue weighted by Gasteiger charge is 2.18. The zero-order chi connectivity index (χ0) is 9.03. The van der Waals surface area contributed by atoms with Crippen LogP contribution < -0.4 is 4.48 Å². The van der Waals surface area contributed by atoms with Crippen molar-refractivity contribution < 1.29 is 0 Å². The fraction of sp³-hybridized carbons (Fsp3) is 0.455. The molecule has 0 saturated heterocycles. The molecule has 0 atom stereocenters. The molecule has 0 unspecified atom stereocenters. The molecule has 0 fully saturated rings. The quantitative estimate of drug-likeness (QED) is 0.602. The Kier molecular flexibility index (Phi) is 2.88. The van der Waals surface area contributed by atoms with Gasteiger partial charge in [-0.1, -0.05) is 18.2 Å². The van der Waals surface area contributed by atoms with E-state index < -0.39 is 0 Å². The molecular weight excluding hydrogens is 146 g/mol. The van der Waals surface area contributed by atoms with Crippen molar-refractivity contribution in [3.05, 3.63) is 30.3 Å². The van der Waals surface area contributed by atoms with Crippen LogP contribution in [0.1, 0.15) is 13.8 Å². The van der Waals surface area contributed by atoms with Gasteiger partial charge in [0, 0.05) is 0 Å². The Morgan fingerprint density at radius 2 is 1.50 bits per heavy atom. The highest BCUT2D eigenvalue weighted by Crippen LogP contribution is 2.19. The molecule has 0 N–H and O–H groups in total. The minimum absolute atomic E-state index is 1.03. The molecule has 1 nitrogen and oxygen atoms in total. The topological polar surface area (TPSA) is 0 Å². The number of nitrogens with zero attached hydrogens (tertiary/aromatic N) is 1. The van der Waals surface area contributed by atoms with E-state index in [1.54, 1.807) is 0 Å². The SMILES string of the molecule is CC[N+](C)(CC)c1ccccc1. The summed E-state index contributed by atoms with van der Waals surface area (Å²) < 4.78 is 1.03. The average molecular weight is 164 g/mol. The van der Waals surface area contributed by atoms with Gasteiger partial charge in [-0.25, -0.2) is 0 Å². The molecule has 0 aromatic heterocycles. The number of hydrogen-bond acceptors (Lipinski definition) is 0. The monoisotopic (exact) mass is 164 g/mol. The Balaban J connectivity index is 2.95. The van der Waals surface area contributed by atoms with E-state index in [4.69, 9.17) is 0 Å². The molecule has 1 rings (SSSR count). The first-order valence-electron chi connectivity index (χ1n) is 4.63. The van der Waals surface area contributed by atoms with Crippen LogP contribution in [0.5, 0.6) is 0 Å². The van der Waals surface area contributed by atoms with Gasteiger partial charge in [0.05, 0.1) is 20.1 Å². The van der Waals surface area contributed by atoms with Crippen LogP contribution in [-0.4, -0.2) is 20.1 Å². The molecule has 66 valence electrons. The van der Waals surface area contributed by atoms with Crippen LogP contribution in [0.4, 0.5) is 5.69 Å². The summed E-state index contributed by atoms with van der Waals surface area (Å²) in [5.74, 6) is 0. The summed E-state index contributed by atoms with van der Waals surface area (Å²) in [4.78, 5) is 0. The van der Waals surface area contributed by atoms with Crippen LogP contribution in [-0.2, 0) is 0 Å². The average Bonchev–Trinajstić information content (AvgIpc) is 2.18. The molecule has 1 aromatic carbocycles. The smallest absolute Gasteiger partial charge is 0.132 e. The minimum atomic E-state index is 1.03. The zero-order valence-corrected chi connectivity index (χ0v) is 8.25. The van der Waals surface area contributed by atoms with Gasteiger partial charge in [0.15, 0.2) is 0 Å². The number of hydrogen-bond donors (Lipinski definition) is 0. The van der Waals surface area contributed by atoms with E-state index in [0.717, 1.165) is 17.6 Å². The maximum Gasteiger partial charge on any atom is 0.132 e. The van der Waals surface area contributed by atoms with Crippen molar-refractivity contribution in [1.82, 2.24) is 4.48 Å². The lowest BCUT2D eigenvalue weighted by Crippen LogP contribution is -2.44. The molecule has 0 saturated carbocycles. The Labute approximate surface area is 75.2 Å². The van der Waals surface area contributed by atoms with E-state index in [9.17, 15) is 0 Å². The van der Waals surface area contributed by atoms with Gasteiger partial charge in [0.25, 0.3) is 0 Å². The summed E-state index contributed by atoms with van der Waals surface area (Å²) in [7, 11) is 2.27. The fourth-order valence-corrected chi connectivity index (χ4v) is 1.38. The third-order valence-corrected chi connectivity index (χ3v) is 2.78. The summed E-state index contributed by atoms with van der Waals surface area (Å²) >= 11 is 0. The third-order valence-electron chi connectivity index (χ3n) is 2.78. The summed E-state index contributed by atoms with van der Waals surface area (Å²) in [6, 6.07) is 10.7. The van der Waals surface area contributed by atoms with E-state index in [0.29, 0.717) is 0 Å². The maximum atomic E-state index is 2.27. The fourth-order valence-electron chi connectivity index (χ4n) is 1.38. The molecular formula is C11H18N+. The molecule has 0 heterocycles. The first-order chi connectivity index (χ1) is 5.73. The maximum absolute atomic E-state index is 2.27. The van der Waals surface area contributed by atoms with Crippen LogP contribution in [0.2, 0.25) is 0 Å². The van der Waals surface area contributed by atoms with Crippen LogP contribution >= 0.6 is 0 Å². The van der Waals surface area contributed by atoms with E-state index in [1.165, 1.54) is 5.69 Å². The summed E-state index contributed by atoms with van der Waals surface area (Å²) in [5.41, 5.74) is 1.41. The molecule has 0 radical (unpaired) electrons. The van der Waals surface area contributed by atoms with Crippen molar-refractivity contribution in [2.45, 2.75) is 13.8 Å². The van der Waals surface area contributed by atoms with Crippen molar-refractivity contribution >= 4 is 5.69 Å². The predicted octanol–water partition coefficient (Wildman–Crippen LogP) is 2.66. The van der Waals surface area contributed by atoms with Crippen LogP contribution in [0.3, 0.4) is 0 Å². The third kappa shape index (κ3) is 1.67. The van der Waals surface area contributed by atoms with Gasteiger partial charge in [0.1, 0.15) is 5.69 Å². The number of rotatable bonds is 3. The highest BCUT2D eigenvalue weighted by atomic mass is 15.3. The Bertz CT molecular complexity index is 224. The van der Waals surface area contributed by atoms with Gasteiger partial charge in [0.2, 0.25) is 0 Å². The molecule has 0 aliphatic rings. The normalized spacial score (nSPS) is 11.6. The van der Waals surface area contributed by atoms with Crippen molar-refractivity contribution in [1.29, 1.82) is 0 Å². The second-order valence-corrected chi connectivity index (χ2v) is 3.36. The molecule has 0 aliphatic carbocycles. The van der Waals surface area contributed by atoms with Gasteiger partial charge in [-0.3, -0.25) is 4.48 Å².